The smallest absolute Gasteiger partial charge is 0.313 e. The predicted molar refractivity (Wildman–Crippen MR) is 66.5 cm³/mol. The first kappa shape index (κ1) is 12.1. The fourth-order valence-electron chi connectivity index (χ4n) is 1.35. The minimum Gasteiger partial charge on any atom is -0.481 e. The molecule has 0 bridgehead atoms. The number of aliphatic carboxylic acids is 1. The van der Waals surface area contributed by atoms with Gasteiger partial charge in [0.1, 0.15) is 0 Å². The summed E-state index contributed by atoms with van der Waals surface area (Å²) in [6.45, 7) is 2.58. The fourth-order valence-corrected chi connectivity index (χ4v) is 2.64. The predicted octanol–water partition coefficient (Wildman–Crippen LogP) is 1.87. The number of carbonyl (C=O) groups is 1. The van der Waals surface area contributed by atoms with Gasteiger partial charge in [0.05, 0.1) is 23.5 Å². The molecule has 1 N–H and O–H groups in total. The zero-order valence-corrected chi connectivity index (χ0v) is 10.8. The molecule has 7 heteroatoms. The molecule has 0 radical (unpaired) electrons. The summed E-state index contributed by atoms with van der Waals surface area (Å²) >= 11 is 2.77. The van der Waals surface area contributed by atoms with Gasteiger partial charge < -0.3 is 9.67 Å². The second kappa shape index (κ2) is 5.33. The molecule has 2 rings (SSSR count). The molecular formula is C10H11N3O2S2. The number of carboxylic acids is 1. The van der Waals surface area contributed by atoms with Gasteiger partial charge >= 0.3 is 5.97 Å². The number of hydrogen-bond acceptors (Lipinski definition) is 5. The van der Waals surface area contributed by atoms with Crippen molar-refractivity contribution in [1.82, 2.24) is 14.5 Å². The Morgan fingerprint density at radius 1 is 1.59 bits per heavy atom. The second-order valence-electron chi connectivity index (χ2n) is 3.43. The molecule has 0 saturated carbocycles. The van der Waals surface area contributed by atoms with E-state index in [0.717, 1.165) is 16.5 Å². The van der Waals surface area contributed by atoms with Crippen molar-refractivity contribution in [2.24, 2.45) is 0 Å². The number of imidazole rings is 1. The third-order valence-electron chi connectivity index (χ3n) is 2.15. The largest absolute Gasteiger partial charge is 0.481 e. The van der Waals surface area contributed by atoms with E-state index in [-0.39, 0.29) is 5.75 Å². The van der Waals surface area contributed by atoms with Crippen LogP contribution in [0.2, 0.25) is 0 Å². The third kappa shape index (κ3) is 3.07. The molecule has 5 nitrogen and oxygen atoms in total. The van der Waals surface area contributed by atoms with Crippen molar-refractivity contribution in [3.05, 3.63) is 28.5 Å². The Morgan fingerprint density at radius 3 is 3.06 bits per heavy atom. The van der Waals surface area contributed by atoms with Crippen LogP contribution in [0.1, 0.15) is 11.4 Å². The van der Waals surface area contributed by atoms with Gasteiger partial charge in [0, 0.05) is 17.3 Å². The first-order valence-electron chi connectivity index (χ1n) is 4.90. The Kier molecular flexibility index (Phi) is 3.80. The lowest BCUT2D eigenvalue weighted by molar-refractivity contribution is -0.133. The molecule has 2 aromatic rings. The van der Waals surface area contributed by atoms with E-state index < -0.39 is 5.97 Å². The minimum atomic E-state index is -0.837. The molecule has 90 valence electrons. The van der Waals surface area contributed by atoms with Crippen molar-refractivity contribution in [1.29, 1.82) is 0 Å². The Hall–Kier alpha value is -1.34. The van der Waals surface area contributed by atoms with E-state index in [2.05, 4.69) is 9.97 Å². The summed E-state index contributed by atoms with van der Waals surface area (Å²) in [5.74, 6) is -0.816. The summed E-state index contributed by atoms with van der Waals surface area (Å²) in [4.78, 5) is 19.0. The van der Waals surface area contributed by atoms with E-state index in [1.54, 1.807) is 23.0 Å². The molecule has 2 heterocycles. The highest BCUT2D eigenvalue weighted by Crippen LogP contribution is 2.19. The van der Waals surface area contributed by atoms with E-state index in [4.69, 9.17) is 5.11 Å². The minimum absolute atomic E-state index is 0.0213. The average molecular weight is 269 g/mol. The third-order valence-corrected chi connectivity index (χ3v) is 3.76. The van der Waals surface area contributed by atoms with Crippen LogP contribution in [0.5, 0.6) is 0 Å². The van der Waals surface area contributed by atoms with Crippen molar-refractivity contribution in [3.63, 3.8) is 0 Å². The van der Waals surface area contributed by atoms with E-state index in [0.29, 0.717) is 6.54 Å². The highest BCUT2D eigenvalue weighted by molar-refractivity contribution is 7.99. The number of nitrogens with zero attached hydrogens (tertiary/aromatic N) is 3. The van der Waals surface area contributed by atoms with E-state index in [1.807, 2.05) is 16.9 Å². The van der Waals surface area contributed by atoms with Crippen molar-refractivity contribution in [3.8, 4) is 0 Å². The summed E-state index contributed by atoms with van der Waals surface area (Å²) in [5.41, 5.74) is 3.75. The van der Waals surface area contributed by atoms with Crippen LogP contribution in [0, 0.1) is 6.92 Å². The normalized spacial score (nSPS) is 10.6. The average Bonchev–Trinajstić information content (AvgIpc) is 2.89. The first-order chi connectivity index (χ1) is 8.16. The molecule has 0 fully saturated rings. The van der Waals surface area contributed by atoms with Crippen LogP contribution in [0.4, 0.5) is 0 Å². The Balaban J connectivity index is 2.14. The van der Waals surface area contributed by atoms with Gasteiger partial charge in [0.2, 0.25) is 0 Å². The van der Waals surface area contributed by atoms with Gasteiger partial charge in [-0.05, 0) is 6.92 Å². The number of hydrogen-bond donors (Lipinski definition) is 1. The molecule has 2 aromatic heterocycles. The number of thiazole rings is 1. The summed E-state index contributed by atoms with van der Waals surface area (Å²) in [7, 11) is 0. The quantitative estimate of drug-likeness (QED) is 0.839. The monoisotopic (exact) mass is 269 g/mol. The van der Waals surface area contributed by atoms with Crippen molar-refractivity contribution in [2.45, 2.75) is 18.6 Å². The van der Waals surface area contributed by atoms with E-state index in [9.17, 15) is 4.79 Å². The summed E-state index contributed by atoms with van der Waals surface area (Å²) < 4.78 is 1.97. The highest BCUT2D eigenvalue weighted by atomic mass is 32.2. The van der Waals surface area contributed by atoms with Crippen LogP contribution in [0.25, 0.3) is 0 Å². The maximum absolute atomic E-state index is 10.5. The van der Waals surface area contributed by atoms with Crippen molar-refractivity contribution >= 4 is 29.1 Å². The molecule has 0 atom stereocenters. The van der Waals surface area contributed by atoms with Crippen LogP contribution in [-0.2, 0) is 11.3 Å². The van der Waals surface area contributed by atoms with Gasteiger partial charge in [-0.25, -0.2) is 9.97 Å². The lowest BCUT2D eigenvalue weighted by Gasteiger charge is -2.06. The van der Waals surface area contributed by atoms with Gasteiger partial charge in [-0.15, -0.1) is 11.3 Å². The number of aryl methyl sites for hydroxylation is 1. The van der Waals surface area contributed by atoms with E-state index >= 15 is 0 Å². The number of thioether (sulfide) groups is 1. The SMILES string of the molecule is Cc1cnc(SCC(=O)O)n1Cc1cscn1. The van der Waals surface area contributed by atoms with Gasteiger partial charge in [0.25, 0.3) is 0 Å². The number of aromatic nitrogens is 3. The Bertz CT molecular complexity index is 508. The Morgan fingerprint density at radius 2 is 2.41 bits per heavy atom. The molecule has 0 aromatic carbocycles. The zero-order chi connectivity index (χ0) is 12.3. The molecule has 0 amide bonds. The van der Waals surface area contributed by atoms with Crippen LogP contribution >= 0.6 is 23.1 Å². The molecule has 0 aliphatic carbocycles. The molecular weight excluding hydrogens is 258 g/mol. The summed E-state index contributed by atoms with van der Waals surface area (Å²) in [5, 5.41) is 11.4. The van der Waals surface area contributed by atoms with Gasteiger partial charge in [-0.3, -0.25) is 4.79 Å². The number of carboxylic acid groups (broad SMARTS) is 1. The lowest BCUT2D eigenvalue weighted by atomic mass is 10.4. The highest BCUT2D eigenvalue weighted by Gasteiger charge is 2.10. The van der Waals surface area contributed by atoms with Crippen molar-refractivity contribution in [2.75, 3.05) is 5.75 Å². The lowest BCUT2D eigenvalue weighted by Crippen LogP contribution is -2.06. The van der Waals surface area contributed by atoms with Gasteiger partial charge in [-0.2, -0.15) is 0 Å². The molecule has 0 spiro atoms. The van der Waals surface area contributed by atoms with Gasteiger partial charge in [0.15, 0.2) is 5.16 Å². The zero-order valence-electron chi connectivity index (χ0n) is 9.16. The van der Waals surface area contributed by atoms with Crippen LogP contribution in [-0.4, -0.2) is 31.4 Å². The Labute approximate surface area is 107 Å². The van der Waals surface area contributed by atoms with Gasteiger partial charge in [-0.1, -0.05) is 11.8 Å². The maximum atomic E-state index is 10.5. The molecule has 0 aliphatic rings. The summed E-state index contributed by atoms with van der Waals surface area (Å²) in [6.07, 6.45) is 1.75. The van der Waals surface area contributed by atoms with Crippen LogP contribution in [0.3, 0.4) is 0 Å². The topological polar surface area (TPSA) is 68.0 Å². The van der Waals surface area contributed by atoms with Crippen molar-refractivity contribution < 1.29 is 9.90 Å². The van der Waals surface area contributed by atoms with Crippen LogP contribution in [0.15, 0.2) is 22.2 Å². The number of rotatable bonds is 5. The van der Waals surface area contributed by atoms with E-state index in [1.165, 1.54) is 11.8 Å². The molecule has 0 aliphatic heterocycles. The maximum Gasteiger partial charge on any atom is 0.313 e. The molecule has 0 unspecified atom stereocenters. The standard InChI is InChI=1S/C10H11N3O2S2/c1-7-2-11-10(17-5-9(14)15)13(7)3-8-4-16-6-12-8/h2,4,6H,3,5H2,1H3,(H,14,15). The molecule has 17 heavy (non-hydrogen) atoms. The summed E-state index contributed by atoms with van der Waals surface area (Å²) in [6, 6.07) is 0. The van der Waals surface area contributed by atoms with Crippen LogP contribution < -0.4 is 0 Å². The first-order valence-corrected chi connectivity index (χ1v) is 6.83. The second-order valence-corrected chi connectivity index (χ2v) is 5.09. The molecule has 0 saturated heterocycles. The fraction of sp³-hybridized carbons (Fsp3) is 0.300.